The van der Waals surface area contributed by atoms with Gasteiger partial charge < -0.3 is 10.4 Å². The Kier molecular flexibility index (Phi) is 5.33. The number of benzene rings is 1. The van der Waals surface area contributed by atoms with E-state index in [0.717, 1.165) is 11.3 Å². The van der Waals surface area contributed by atoms with Gasteiger partial charge in [-0.2, -0.15) is 0 Å². The van der Waals surface area contributed by atoms with Crippen molar-refractivity contribution >= 4 is 11.9 Å². The number of carbonyl (C=O) groups is 2. The summed E-state index contributed by atoms with van der Waals surface area (Å²) < 4.78 is 1.52. The highest BCUT2D eigenvalue weighted by molar-refractivity contribution is 5.92. The summed E-state index contributed by atoms with van der Waals surface area (Å²) in [7, 11) is 0. The fourth-order valence-electron chi connectivity index (χ4n) is 2.51. The first kappa shape index (κ1) is 17.7. The Morgan fingerprint density at radius 1 is 1.21 bits per heavy atom. The van der Waals surface area contributed by atoms with E-state index in [1.807, 2.05) is 45.0 Å². The molecule has 0 unspecified atom stereocenters. The first-order valence-electron chi connectivity index (χ1n) is 7.93. The van der Waals surface area contributed by atoms with Gasteiger partial charge in [-0.25, -0.2) is 4.68 Å². The van der Waals surface area contributed by atoms with Crippen molar-refractivity contribution < 1.29 is 14.7 Å². The molecule has 7 nitrogen and oxygen atoms in total. The molecule has 0 fully saturated rings. The molecule has 0 aliphatic heterocycles. The van der Waals surface area contributed by atoms with Crippen molar-refractivity contribution in [1.82, 2.24) is 20.3 Å². The minimum atomic E-state index is -0.942. The van der Waals surface area contributed by atoms with Crippen molar-refractivity contribution in [3.8, 4) is 5.69 Å². The van der Waals surface area contributed by atoms with Crippen LogP contribution in [0.25, 0.3) is 5.69 Å². The molecule has 0 aliphatic carbocycles. The molecule has 2 aromatic rings. The summed E-state index contributed by atoms with van der Waals surface area (Å²) in [6.07, 6.45) is 2.45. The highest BCUT2D eigenvalue weighted by Crippen LogP contribution is 2.20. The Labute approximate surface area is 140 Å². The molecule has 128 valence electrons. The van der Waals surface area contributed by atoms with Gasteiger partial charge in [0.25, 0.3) is 5.91 Å². The summed E-state index contributed by atoms with van der Waals surface area (Å²) in [6.45, 7) is 5.70. The second kappa shape index (κ2) is 7.25. The molecule has 0 saturated carbocycles. The van der Waals surface area contributed by atoms with Gasteiger partial charge in [0.1, 0.15) is 0 Å². The quantitative estimate of drug-likeness (QED) is 0.812. The van der Waals surface area contributed by atoms with E-state index in [-0.39, 0.29) is 12.1 Å². The number of carboxylic acids is 1. The maximum absolute atomic E-state index is 12.4. The van der Waals surface area contributed by atoms with E-state index in [1.54, 1.807) is 0 Å². The van der Waals surface area contributed by atoms with Gasteiger partial charge in [-0.15, -0.1) is 5.10 Å². The Balaban J connectivity index is 2.18. The largest absolute Gasteiger partial charge is 0.481 e. The normalized spacial score (nSPS) is 11.3. The molecular formula is C17H22N4O3. The number of nitrogens with one attached hydrogen (secondary N) is 1. The number of hydrogen-bond acceptors (Lipinski definition) is 4. The van der Waals surface area contributed by atoms with Crippen LogP contribution < -0.4 is 5.32 Å². The number of amides is 1. The van der Waals surface area contributed by atoms with Crippen LogP contribution in [0.3, 0.4) is 0 Å². The zero-order chi connectivity index (χ0) is 17.7. The lowest BCUT2D eigenvalue weighted by molar-refractivity contribution is -0.138. The van der Waals surface area contributed by atoms with Crippen molar-refractivity contribution in [2.75, 3.05) is 0 Å². The maximum atomic E-state index is 12.4. The van der Waals surface area contributed by atoms with Crippen LogP contribution in [0.5, 0.6) is 0 Å². The van der Waals surface area contributed by atoms with Crippen LogP contribution in [0.15, 0.2) is 30.5 Å². The van der Waals surface area contributed by atoms with Crippen LogP contribution in [-0.4, -0.2) is 37.5 Å². The molecule has 0 spiro atoms. The summed E-state index contributed by atoms with van der Waals surface area (Å²) in [6, 6.07) is 7.67. The van der Waals surface area contributed by atoms with Crippen LogP contribution in [0.1, 0.15) is 49.2 Å². The molecule has 1 aromatic heterocycles. The number of carboxylic acid groups (broad SMARTS) is 1. The Hall–Kier alpha value is -2.70. The Bertz CT molecular complexity index is 718. The fourth-order valence-corrected chi connectivity index (χ4v) is 2.51. The van der Waals surface area contributed by atoms with Gasteiger partial charge in [0.05, 0.1) is 23.8 Å². The lowest BCUT2D eigenvalue weighted by Crippen LogP contribution is -2.49. The topological polar surface area (TPSA) is 97.1 Å². The predicted molar refractivity (Wildman–Crippen MR) is 89.1 cm³/mol. The van der Waals surface area contributed by atoms with Crippen LogP contribution in [0, 0.1) is 6.92 Å². The van der Waals surface area contributed by atoms with Crippen molar-refractivity contribution in [3.63, 3.8) is 0 Å². The molecule has 0 atom stereocenters. The molecule has 2 rings (SSSR count). The minimum Gasteiger partial charge on any atom is -0.481 e. The smallest absolute Gasteiger partial charge is 0.305 e. The van der Waals surface area contributed by atoms with Gasteiger partial charge in [-0.05, 0) is 31.9 Å². The number of rotatable bonds is 7. The van der Waals surface area contributed by atoms with Gasteiger partial charge in [0.2, 0.25) is 0 Å². The average molecular weight is 330 g/mol. The van der Waals surface area contributed by atoms with Crippen LogP contribution in [-0.2, 0) is 4.79 Å². The second-order valence-electron chi connectivity index (χ2n) is 5.90. The highest BCUT2D eigenvalue weighted by Gasteiger charge is 2.32. The summed E-state index contributed by atoms with van der Waals surface area (Å²) >= 11 is 0. The van der Waals surface area contributed by atoms with Crippen molar-refractivity contribution in [1.29, 1.82) is 0 Å². The van der Waals surface area contributed by atoms with Crippen molar-refractivity contribution in [2.45, 2.75) is 45.6 Å². The van der Waals surface area contributed by atoms with E-state index in [4.69, 9.17) is 5.11 Å². The van der Waals surface area contributed by atoms with E-state index in [2.05, 4.69) is 15.6 Å². The Morgan fingerprint density at radius 3 is 2.38 bits per heavy atom. The molecule has 2 N–H and O–H groups in total. The second-order valence-corrected chi connectivity index (χ2v) is 5.90. The van der Waals surface area contributed by atoms with Gasteiger partial charge in [0.15, 0.2) is 5.69 Å². The van der Waals surface area contributed by atoms with Crippen LogP contribution in [0.2, 0.25) is 0 Å². The van der Waals surface area contributed by atoms with Crippen LogP contribution >= 0.6 is 0 Å². The van der Waals surface area contributed by atoms with E-state index >= 15 is 0 Å². The molecule has 0 aliphatic rings. The first-order chi connectivity index (χ1) is 11.4. The zero-order valence-corrected chi connectivity index (χ0v) is 14.1. The van der Waals surface area contributed by atoms with Crippen LogP contribution in [0.4, 0.5) is 0 Å². The first-order valence-corrected chi connectivity index (χ1v) is 7.93. The lowest BCUT2D eigenvalue weighted by Gasteiger charge is -2.30. The maximum Gasteiger partial charge on any atom is 0.305 e. The molecule has 24 heavy (non-hydrogen) atoms. The summed E-state index contributed by atoms with van der Waals surface area (Å²) in [5, 5.41) is 19.8. The zero-order valence-electron chi connectivity index (χ0n) is 14.1. The van der Waals surface area contributed by atoms with Gasteiger partial charge >= 0.3 is 5.97 Å². The Morgan fingerprint density at radius 2 is 1.83 bits per heavy atom. The molecule has 0 saturated heterocycles. The molecule has 1 heterocycles. The number of aryl methyl sites for hydroxylation is 1. The average Bonchev–Trinajstić information content (AvgIpc) is 3.04. The third kappa shape index (κ3) is 3.98. The molecular weight excluding hydrogens is 308 g/mol. The van der Waals surface area contributed by atoms with E-state index in [1.165, 1.54) is 10.9 Å². The number of nitrogens with zero attached hydrogens (tertiary/aromatic N) is 3. The van der Waals surface area contributed by atoms with Crippen molar-refractivity contribution in [3.05, 3.63) is 41.7 Å². The summed E-state index contributed by atoms with van der Waals surface area (Å²) in [4.78, 5) is 23.5. The number of hydrogen-bond donors (Lipinski definition) is 2. The minimum absolute atomic E-state index is 0.127. The van der Waals surface area contributed by atoms with E-state index in [9.17, 15) is 9.59 Å². The molecule has 0 bridgehead atoms. The standard InChI is InChI=1S/C17H22N4O3/c1-4-17(5-2,10-15(22)23)18-16(24)14-11-21(20-19-14)13-8-6-12(3)7-9-13/h6-9,11H,4-5,10H2,1-3H3,(H,18,24)(H,22,23). The van der Waals surface area contributed by atoms with Gasteiger partial charge in [-0.1, -0.05) is 36.8 Å². The van der Waals surface area contributed by atoms with Gasteiger partial charge in [0, 0.05) is 0 Å². The molecule has 0 radical (unpaired) electrons. The lowest BCUT2D eigenvalue weighted by atomic mass is 9.89. The van der Waals surface area contributed by atoms with Crippen molar-refractivity contribution in [2.24, 2.45) is 0 Å². The monoisotopic (exact) mass is 330 g/mol. The summed E-state index contributed by atoms with van der Waals surface area (Å²) in [5.41, 5.74) is 1.31. The molecule has 1 amide bonds. The third-order valence-electron chi connectivity index (χ3n) is 4.25. The number of aromatic nitrogens is 3. The van der Waals surface area contributed by atoms with Gasteiger partial charge in [-0.3, -0.25) is 9.59 Å². The number of carbonyl (C=O) groups excluding carboxylic acids is 1. The fraction of sp³-hybridized carbons (Fsp3) is 0.412. The summed E-state index contributed by atoms with van der Waals surface area (Å²) in [5.74, 6) is -1.36. The number of aliphatic carboxylic acids is 1. The predicted octanol–water partition coefficient (Wildman–Crippen LogP) is 2.34. The third-order valence-corrected chi connectivity index (χ3v) is 4.25. The molecule has 1 aromatic carbocycles. The SMILES string of the molecule is CCC(CC)(CC(=O)O)NC(=O)c1cn(-c2ccc(C)cc2)nn1. The van der Waals surface area contributed by atoms with E-state index in [0.29, 0.717) is 12.8 Å². The highest BCUT2D eigenvalue weighted by atomic mass is 16.4. The molecule has 7 heteroatoms. The van der Waals surface area contributed by atoms with E-state index < -0.39 is 17.4 Å².